The summed E-state index contributed by atoms with van der Waals surface area (Å²) in [5.41, 5.74) is -0.255. The van der Waals surface area contributed by atoms with E-state index < -0.39 is 11.7 Å². The second-order valence-electron chi connectivity index (χ2n) is 3.64. The van der Waals surface area contributed by atoms with Crippen LogP contribution in [0.25, 0.3) is 5.69 Å². The van der Waals surface area contributed by atoms with Crippen LogP contribution in [0.3, 0.4) is 0 Å². The first-order valence-corrected chi connectivity index (χ1v) is 5.29. The van der Waals surface area contributed by atoms with Gasteiger partial charge >= 0.3 is 6.18 Å². The van der Waals surface area contributed by atoms with Crippen LogP contribution >= 0.6 is 0 Å². The smallest absolute Gasteiger partial charge is 0.416 e. The predicted octanol–water partition coefficient (Wildman–Crippen LogP) is 2.47. The SMILES string of the molecule is O=CCOc1cnn(-c2ccc(C(F)(F)F)cc2)c1. The maximum absolute atomic E-state index is 12.4. The lowest BCUT2D eigenvalue weighted by Gasteiger charge is -2.07. The van der Waals surface area contributed by atoms with Crippen LogP contribution in [0.4, 0.5) is 13.2 Å². The molecule has 0 aliphatic carbocycles. The molecule has 0 N–H and O–H groups in total. The molecule has 7 heteroatoms. The van der Waals surface area contributed by atoms with Gasteiger partial charge in [-0.3, -0.25) is 4.79 Å². The Hall–Kier alpha value is -2.31. The number of alkyl halides is 3. The largest absolute Gasteiger partial charge is 0.483 e. The second kappa shape index (κ2) is 5.13. The molecule has 0 atom stereocenters. The van der Waals surface area contributed by atoms with Crippen LogP contribution in [0.2, 0.25) is 0 Å². The zero-order valence-corrected chi connectivity index (χ0v) is 9.59. The van der Waals surface area contributed by atoms with Crippen molar-refractivity contribution < 1.29 is 22.7 Å². The first-order valence-electron chi connectivity index (χ1n) is 5.29. The number of ether oxygens (including phenoxy) is 1. The van der Waals surface area contributed by atoms with E-state index in [0.29, 0.717) is 17.7 Å². The van der Waals surface area contributed by atoms with Crippen molar-refractivity contribution in [3.05, 3.63) is 42.2 Å². The molecule has 0 fully saturated rings. The molecule has 2 rings (SSSR count). The van der Waals surface area contributed by atoms with Crippen LogP contribution in [0.1, 0.15) is 5.56 Å². The molecule has 0 bridgehead atoms. The highest BCUT2D eigenvalue weighted by molar-refractivity contribution is 5.51. The van der Waals surface area contributed by atoms with Crippen molar-refractivity contribution in [2.24, 2.45) is 0 Å². The van der Waals surface area contributed by atoms with Gasteiger partial charge in [-0.25, -0.2) is 4.68 Å². The van der Waals surface area contributed by atoms with Gasteiger partial charge in [0, 0.05) is 0 Å². The highest BCUT2D eigenvalue weighted by Crippen LogP contribution is 2.29. The number of aromatic nitrogens is 2. The van der Waals surface area contributed by atoms with Crippen LogP contribution in [0, 0.1) is 0 Å². The van der Waals surface area contributed by atoms with E-state index in [1.807, 2.05) is 0 Å². The number of hydrogen-bond donors (Lipinski definition) is 0. The van der Waals surface area contributed by atoms with Crippen LogP contribution in [0.5, 0.6) is 5.75 Å². The quantitative estimate of drug-likeness (QED) is 0.802. The van der Waals surface area contributed by atoms with Crippen LogP contribution in [-0.2, 0) is 11.0 Å². The molecule has 19 heavy (non-hydrogen) atoms. The van der Waals surface area contributed by atoms with Crippen molar-refractivity contribution in [2.45, 2.75) is 6.18 Å². The minimum atomic E-state index is -4.36. The Balaban J connectivity index is 2.18. The number of carbonyl (C=O) groups is 1. The molecule has 0 saturated carbocycles. The Kier molecular flexibility index (Phi) is 3.55. The lowest BCUT2D eigenvalue weighted by Crippen LogP contribution is -2.05. The van der Waals surface area contributed by atoms with Gasteiger partial charge in [-0.15, -0.1) is 0 Å². The molecule has 0 aliphatic heterocycles. The molecule has 0 saturated heterocycles. The minimum absolute atomic E-state index is 0.0985. The first-order chi connectivity index (χ1) is 9.00. The van der Waals surface area contributed by atoms with E-state index in [-0.39, 0.29) is 6.61 Å². The fourth-order valence-corrected chi connectivity index (χ4v) is 1.46. The van der Waals surface area contributed by atoms with Crippen LogP contribution < -0.4 is 4.74 Å². The van der Waals surface area contributed by atoms with E-state index in [9.17, 15) is 18.0 Å². The molecule has 1 aromatic carbocycles. The zero-order valence-electron chi connectivity index (χ0n) is 9.59. The normalized spacial score (nSPS) is 11.3. The summed E-state index contributed by atoms with van der Waals surface area (Å²) >= 11 is 0. The summed E-state index contributed by atoms with van der Waals surface area (Å²) in [6.07, 6.45) is -0.913. The summed E-state index contributed by atoms with van der Waals surface area (Å²) in [6, 6.07) is 4.56. The van der Waals surface area contributed by atoms with Crippen molar-refractivity contribution in [3.8, 4) is 11.4 Å². The molecule has 0 spiro atoms. The summed E-state index contributed by atoms with van der Waals surface area (Å²) in [7, 11) is 0. The molecule has 4 nitrogen and oxygen atoms in total. The number of carbonyl (C=O) groups excluding carboxylic acids is 1. The van der Waals surface area contributed by atoms with E-state index >= 15 is 0 Å². The summed E-state index contributed by atoms with van der Waals surface area (Å²) in [4.78, 5) is 10.1. The van der Waals surface area contributed by atoms with Crippen molar-refractivity contribution >= 4 is 6.29 Å². The fourth-order valence-electron chi connectivity index (χ4n) is 1.46. The van der Waals surface area contributed by atoms with Gasteiger partial charge in [0.05, 0.1) is 23.6 Å². The zero-order chi connectivity index (χ0) is 13.9. The van der Waals surface area contributed by atoms with Crippen molar-refractivity contribution in [3.63, 3.8) is 0 Å². The minimum Gasteiger partial charge on any atom is -0.483 e. The second-order valence-corrected chi connectivity index (χ2v) is 3.64. The molecule has 0 aliphatic rings. The summed E-state index contributed by atoms with van der Waals surface area (Å²) in [5.74, 6) is 0.368. The van der Waals surface area contributed by atoms with Gasteiger partial charge in [0.1, 0.15) is 6.61 Å². The number of rotatable bonds is 4. The Morgan fingerprint density at radius 1 is 1.26 bits per heavy atom. The molecule has 0 radical (unpaired) electrons. The standard InChI is InChI=1S/C12H9F3N2O2/c13-12(14,15)9-1-3-10(4-2-9)17-8-11(7-16-17)19-6-5-18/h1-5,7-8H,6H2. The predicted molar refractivity (Wildman–Crippen MR) is 60.1 cm³/mol. The maximum atomic E-state index is 12.4. The van der Waals surface area contributed by atoms with E-state index in [0.717, 1.165) is 12.1 Å². The van der Waals surface area contributed by atoms with E-state index in [1.165, 1.54) is 29.2 Å². The van der Waals surface area contributed by atoms with Crippen molar-refractivity contribution in [1.29, 1.82) is 0 Å². The highest BCUT2D eigenvalue weighted by atomic mass is 19.4. The molecule has 1 heterocycles. The Morgan fingerprint density at radius 2 is 1.95 bits per heavy atom. The van der Waals surface area contributed by atoms with Gasteiger partial charge in [-0.05, 0) is 24.3 Å². The van der Waals surface area contributed by atoms with Gasteiger partial charge in [-0.2, -0.15) is 18.3 Å². The van der Waals surface area contributed by atoms with Crippen LogP contribution in [0.15, 0.2) is 36.7 Å². The fraction of sp³-hybridized carbons (Fsp3) is 0.167. The third-order valence-corrected chi connectivity index (χ3v) is 2.34. The lowest BCUT2D eigenvalue weighted by atomic mass is 10.2. The highest BCUT2D eigenvalue weighted by Gasteiger charge is 2.29. The average Bonchev–Trinajstić information content (AvgIpc) is 2.84. The summed E-state index contributed by atoms with van der Waals surface area (Å²) in [5, 5.41) is 3.93. The van der Waals surface area contributed by atoms with Gasteiger partial charge in [0.2, 0.25) is 0 Å². The number of benzene rings is 1. The number of nitrogens with zero attached hydrogens (tertiary/aromatic N) is 2. The third kappa shape index (κ3) is 3.12. The molecule has 100 valence electrons. The summed E-state index contributed by atoms with van der Waals surface area (Å²) in [6.45, 7) is -0.0985. The molecular weight excluding hydrogens is 261 g/mol. The molecule has 2 aromatic rings. The maximum Gasteiger partial charge on any atom is 0.416 e. The molecular formula is C12H9F3N2O2. The molecule has 0 amide bonds. The van der Waals surface area contributed by atoms with Crippen LogP contribution in [-0.4, -0.2) is 22.7 Å². The van der Waals surface area contributed by atoms with Gasteiger partial charge < -0.3 is 4.74 Å². The average molecular weight is 270 g/mol. The lowest BCUT2D eigenvalue weighted by molar-refractivity contribution is -0.137. The molecule has 0 unspecified atom stereocenters. The third-order valence-electron chi connectivity index (χ3n) is 2.34. The van der Waals surface area contributed by atoms with Crippen molar-refractivity contribution in [2.75, 3.05) is 6.61 Å². The van der Waals surface area contributed by atoms with E-state index in [4.69, 9.17) is 4.74 Å². The van der Waals surface area contributed by atoms with Gasteiger partial charge in [-0.1, -0.05) is 0 Å². The first kappa shape index (κ1) is 13.1. The summed E-state index contributed by atoms with van der Waals surface area (Å²) < 4.78 is 43.5. The number of hydrogen-bond acceptors (Lipinski definition) is 3. The topological polar surface area (TPSA) is 44.1 Å². The molecule has 1 aromatic heterocycles. The van der Waals surface area contributed by atoms with Gasteiger partial charge in [0.15, 0.2) is 12.0 Å². The van der Waals surface area contributed by atoms with E-state index in [1.54, 1.807) is 0 Å². The van der Waals surface area contributed by atoms with Crippen molar-refractivity contribution in [1.82, 2.24) is 9.78 Å². The number of aldehydes is 1. The van der Waals surface area contributed by atoms with E-state index in [2.05, 4.69) is 5.10 Å². The Labute approximate surface area is 106 Å². The number of halogens is 3. The Morgan fingerprint density at radius 3 is 2.53 bits per heavy atom. The Bertz CT molecular complexity index is 561. The van der Waals surface area contributed by atoms with Gasteiger partial charge in [0.25, 0.3) is 0 Å². The monoisotopic (exact) mass is 270 g/mol.